The molecule has 7 heteroatoms. The number of unbranched alkanes of at least 4 members (excludes halogenated alkanes) is 6. The number of aromatic carboxylic acids is 1. The average Bonchev–Trinajstić information content (AvgIpc) is 2.82. The summed E-state index contributed by atoms with van der Waals surface area (Å²) in [5.74, 6) is -0.492. The Hall–Kier alpha value is -1.83. The first-order valence-corrected chi connectivity index (χ1v) is 14.8. The van der Waals surface area contributed by atoms with E-state index in [1.165, 1.54) is 23.4 Å². The van der Waals surface area contributed by atoms with E-state index >= 15 is 0 Å². The standard InChI is InChI=1S/C27H39NO4S2/c1-4-6-8-10-18-28(19-11-9-7-5-2)34(31,32)24-16-17-26(25(20-24)27(29)30)33-21-23-14-12-22(3)13-15-23/h12-17,20H,4-11,18-19,21H2,1-3H3,(H,29,30). The van der Waals surface area contributed by atoms with Crippen molar-refractivity contribution in [2.75, 3.05) is 13.1 Å². The molecule has 0 unspecified atom stereocenters. The maximum atomic E-state index is 13.5. The highest BCUT2D eigenvalue weighted by Crippen LogP contribution is 2.30. The molecule has 2 rings (SSSR count). The summed E-state index contributed by atoms with van der Waals surface area (Å²) in [6.45, 7) is 7.23. The summed E-state index contributed by atoms with van der Waals surface area (Å²) < 4.78 is 28.5. The van der Waals surface area contributed by atoms with E-state index in [-0.39, 0.29) is 10.5 Å². The van der Waals surface area contributed by atoms with E-state index in [2.05, 4.69) is 13.8 Å². The second-order valence-electron chi connectivity index (χ2n) is 8.76. The van der Waals surface area contributed by atoms with Crippen LogP contribution in [0.15, 0.2) is 52.3 Å². The number of hydrogen-bond donors (Lipinski definition) is 1. The Morgan fingerprint density at radius 2 is 1.47 bits per heavy atom. The average molecular weight is 506 g/mol. The molecule has 0 amide bonds. The third kappa shape index (κ3) is 8.75. The molecular weight excluding hydrogens is 466 g/mol. The Kier molecular flexibility index (Phi) is 12.2. The number of rotatable bonds is 16. The molecule has 0 saturated carbocycles. The summed E-state index contributed by atoms with van der Waals surface area (Å²) in [5, 5.41) is 9.81. The van der Waals surface area contributed by atoms with E-state index in [9.17, 15) is 18.3 Å². The van der Waals surface area contributed by atoms with Crippen LogP contribution in [-0.4, -0.2) is 36.9 Å². The van der Waals surface area contributed by atoms with Gasteiger partial charge in [0.25, 0.3) is 0 Å². The van der Waals surface area contributed by atoms with Crippen molar-refractivity contribution in [1.29, 1.82) is 0 Å². The van der Waals surface area contributed by atoms with Gasteiger partial charge in [-0.15, -0.1) is 11.8 Å². The fourth-order valence-corrected chi connectivity index (χ4v) is 6.26. The van der Waals surface area contributed by atoms with E-state index in [0.29, 0.717) is 23.7 Å². The van der Waals surface area contributed by atoms with Crippen molar-refractivity contribution >= 4 is 27.8 Å². The zero-order valence-corrected chi connectivity index (χ0v) is 22.4. The number of sulfonamides is 1. The minimum Gasteiger partial charge on any atom is -0.478 e. The fourth-order valence-electron chi connectivity index (χ4n) is 3.74. The van der Waals surface area contributed by atoms with Gasteiger partial charge in [-0.3, -0.25) is 0 Å². The quantitative estimate of drug-likeness (QED) is 0.194. The highest BCUT2D eigenvalue weighted by molar-refractivity contribution is 7.98. The first kappa shape index (κ1) is 28.4. The topological polar surface area (TPSA) is 74.7 Å². The van der Waals surface area contributed by atoms with Gasteiger partial charge in [0.15, 0.2) is 0 Å². The number of carboxylic acid groups (broad SMARTS) is 1. The van der Waals surface area contributed by atoms with Crippen molar-refractivity contribution < 1.29 is 18.3 Å². The van der Waals surface area contributed by atoms with Gasteiger partial charge in [-0.2, -0.15) is 4.31 Å². The number of benzene rings is 2. The van der Waals surface area contributed by atoms with Gasteiger partial charge in [-0.25, -0.2) is 13.2 Å². The third-order valence-electron chi connectivity index (χ3n) is 5.86. The number of nitrogens with zero attached hydrogens (tertiary/aromatic N) is 1. The summed E-state index contributed by atoms with van der Waals surface area (Å²) in [5.41, 5.74) is 2.30. The second kappa shape index (κ2) is 14.5. The third-order valence-corrected chi connectivity index (χ3v) is 8.90. The molecule has 0 aliphatic heterocycles. The Labute approximate surface area is 210 Å². The molecule has 5 nitrogen and oxygen atoms in total. The number of carboxylic acids is 1. The lowest BCUT2D eigenvalue weighted by molar-refractivity contribution is 0.0693. The zero-order chi connectivity index (χ0) is 25.0. The maximum absolute atomic E-state index is 13.5. The summed E-state index contributed by atoms with van der Waals surface area (Å²) in [6.07, 6.45) is 7.96. The molecule has 0 atom stereocenters. The number of aryl methyl sites for hydroxylation is 1. The van der Waals surface area contributed by atoms with Crippen molar-refractivity contribution in [3.8, 4) is 0 Å². The largest absolute Gasteiger partial charge is 0.478 e. The molecule has 0 bridgehead atoms. The highest BCUT2D eigenvalue weighted by Gasteiger charge is 2.26. The molecule has 0 saturated heterocycles. The molecule has 0 aliphatic carbocycles. The van der Waals surface area contributed by atoms with Gasteiger partial charge < -0.3 is 5.11 Å². The fraction of sp³-hybridized carbons (Fsp3) is 0.519. The Balaban J connectivity index is 2.22. The summed E-state index contributed by atoms with van der Waals surface area (Å²) in [7, 11) is -3.76. The molecule has 34 heavy (non-hydrogen) atoms. The van der Waals surface area contributed by atoms with E-state index in [4.69, 9.17) is 0 Å². The predicted octanol–water partition coefficient (Wildman–Crippen LogP) is 7.14. The Morgan fingerprint density at radius 1 is 0.882 bits per heavy atom. The zero-order valence-electron chi connectivity index (χ0n) is 20.8. The molecule has 188 valence electrons. The maximum Gasteiger partial charge on any atom is 0.336 e. The van der Waals surface area contributed by atoms with Crippen LogP contribution in [0.5, 0.6) is 0 Å². The van der Waals surface area contributed by atoms with Crippen molar-refractivity contribution in [3.63, 3.8) is 0 Å². The molecule has 0 fully saturated rings. The first-order chi connectivity index (χ1) is 16.3. The van der Waals surface area contributed by atoms with E-state index < -0.39 is 16.0 Å². The lowest BCUT2D eigenvalue weighted by Crippen LogP contribution is -2.33. The van der Waals surface area contributed by atoms with Crippen LogP contribution in [0, 0.1) is 6.92 Å². The highest BCUT2D eigenvalue weighted by atomic mass is 32.2. The molecule has 0 radical (unpaired) electrons. The summed E-state index contributed by atoms with van der Waals surface area (Å²) >= 11 is 1.41. The van der Waals surface area contributed by atoms with E-state index in [0.717, 1.165) is 56.9 Å². The number of thioether (sulfide) groups is 1. The van der Waals surface area contributed by atoms with Crippen LogP contribution in [0.2, 0.25) is 0 Å². The smallest absolute Gasteiger partial charge is 0.336 e. The van der Waals surface area contributed by atoms with Gasteiger partial charge in [-0.1, -0.05) is 82.2 Å². The Bertz CT molecular complexity index is 992. The van der Waals surface area contributed by atoms with Crippen LogP contribution in [0.25, 0.3) is 0 Å². The van der Waals surface area contributed by atoms with Crippen LogP contribution in [0.3, 0.4) is 0 Å². The SMILES string of the molecule is CCCCCCN(CCCCCC)S(=O)(=O)c1ccc(SCc2ccc(C)cc2)c(C(=O)O)c1. The van der Waals surface area contributed by atoms with Crippen LogP contribution >= 0.6 is 11.8 Å². The molecule has 1 N–H and O–H groups in total. The normalized spacial score (nSPS) is 11.8. The Morgan fingerprint density at radius 3 is 2.00 bits per heavy atom. The molecular formula is C27H39NO4S2. The van der Waals surface area contributed by atoms with Gasteiger partial charge in [0.2, 0.25) is 10.0 Å². The van der Waals surface area contributed by atoms with E-state index in [1.54, 1.807) is 16.4 Å². The van der Waals surface area contributed by atoms with Crippen LogP contribution in [0.1, 0.15) is 86.7 Å². The molecule has 0 aromatic heterocycles. The van der Waals surface area contributed by atoms with Crippen molar-refractivity contribution in [3.05, 3.63) is 59.2 Å². The lowest BCUT2D eigenvalue weighted by Gasteiger charge is -2.23. The monoisotopic (exact) mass is 505 g/mol. The van der Waals surface area contributed by atoms with Gasteiger partial charge in [-0.05, 0) is 43.5 Å². The summed E-state index contributed by atoms with van der Waals surface area (Å²) in [4.78, 5) is 12.6. The van der Waals surface area contributed by atoms with Crippen molar-refractivity contribution in [2.45, 2.75) is 87.7 Å². The molecule has 0 spiro atoms. The summed E-state index contributed by atoms with van der Waals surface area (Å²) in [6, 6.07) is 12.6. The van der Waals surface area contributed by atoms with Crippen molar-refractivity contribution in [2.24, 2.45) is 0 Å². The molecule has 0 heterocycles. The van der Waals surface area contributed by atoms with Crippen molar-refractivity contribution in [1.82, 2.24) is 4.31 Å². The predicted molar refractivity (Wildman–Crippen MR) is 141 cm³/mol. The number of hydrogen-bond acceptors (Lipinski definition) is 4. The minimum atomic E-state index is -3.76. The van der Waals surface area contributed by atoms with Gasteiger partial charge >= 0.3 is 5.97 Å². The molecule has 2 aromatic carbocycles. The van der Waals surface area contributed by atoms with Crippen LogP contribution < -0.4 is 0 Å². The van der Waals surface area contributed by atoms with Crippen LogP contribution in [0.4, 0.5) is 0 Å². The first-order valence-electron chi connectivity index (χ1n) is 12.4. The van der Waals surface area contributed by atoms with E-state index in [1.807, 2.05) is 31.2 Å². The second-order valence-corrected chi connectivity index (χ2v) is 11.7. The molecule has 2 aromatic rings. The lowest BCUT2D eigenvalue weighted by atomic mass is 10.2. The van der Waals surface area contributed by atoms with Gasteiger partial charge in [0.1, 0.15) is 0 Å². The molecule has 0 aliphatic rings. The number of carbonyl (C=O) groups is 1. The van der Waals surface area contributed by atoms with Crippen LogP contribution in [-0.2, 0) is 15.8 Å². The van der Waals surface area contributed by atoms with Gasteiger partial charge in [0, 0.05) is 23.7 Å². The van der Waals surface area contributed by atoms with Gasteiger partial charge in [0.05, 0.1) is 10.5 Å². The minimum absolute atomic E-state index is 0.0371.